The first-order valence-electron chi connectivity index (χ1n) is 5.42. The summed E-state index contributed by atoms with van der Waals surface area (Å²) in [5.74, 6) is 0. The number of aryl methyl sites for hydroxylation is 1. The summed E-state index contributed by atoms with van der Waals surface area (Å²) in [5.41, 5.74) is 1.51. The van der Waals surface area contributed by atoms with Gasteiger partial charge in [0.1, 0.15) is 0 Å². The van der Waals surface area contributed by atoms with Crippen molar-refractivity contribution in [3.05, 3.63) is 16.4 Å². The zero-order valence-electron chi connectivity index (χ0n) is 9.13. The first-order valence-corrected chi connectivity index (χ1v) is 6.65. The molecule has 0 amide bonds. The largest absolute Gasteiger partial charge is 0.268 e. The summed E-state index contributed by atoms with van der Waals surface area (Å²) in [6.07, 6.45) is 5.22. The lowest BCUT2D eigenvalue weighted by atomic mass is 9.85. The van der Waals surface area contributed by atoms with E-state index in [9.17, 15) is 0 Å². The van der Waals surface area contributed by atoms with Crippen molar-refractivity contribution in [2.45, 2.75) is 50.4 Å². The maximum atomic E-state index is 6.22. The van der Waals surface area contributed by atoms with Crippen LogP contribution in [0.25, 0.3) is 0 Å². The first kappa shape index (κ1) is 11.5. The molecule has 1 aromatic rings. The molecule has 0 bridgehead atoms. The Bertz CT molecular complexity index is 363. The molecule has 0 aliphatic heterocycles. The Hall–Kier alpha value is -0.0200. The van der Waals surface area contributed by atoms with Gasteiger partial charge in [0.25, 0.3) is 0 Å². The fraction of sp³-hybridized carbons (Fsp3) is 0.727. The van der Waals surface area contributed by atoms with Crippen molar-refractivity contribution in [2.75, 3.05) is 0 Å². The minimum atomic E-state index is 0.192. The van der Waals surface area contributed by atoms with E-state index < -0.39 is 0 Å². The summed E-state index contributed by atoms with van der Waals surface area (Å²) in [6.45, 7) is 5.34. The van der Waals surface area contributed by atoms with Crippen LogP contribution in [0.3, 0.4) is 0 Å². The lowest BCUT2D eigenvalue weighted by Crippen LogP contribution is -2.23. The van der Waals surface area contributed by atoms with E-state index in [0.29, 0.717) is 5.38 Å². The Morgan fingerprint density at radius 1 is 1.73 bits per heavy atom. The van der Waals surface area contributed by atoms with Crippen LogP contribution in [-0.2, 0) is 12.0 Å². The monoisotopic (exact) mass is 290 g/mol. The summed E-state index contributed by atoms with van der Waals surface area (Å²) in [6, 6.07) is 0. The van der Waals surface area contributed by atoms with Gasteiger partial charge in [0.05, 0.1) is 16.4 Å². The van der Waals surface area contributed by atoms with Crippen LogP contribution in [0.15, 0.2) is 10.7 Å². The van der Waals surface area contributed by atoms with E-state index in [0.717, 1.165) is 30.3 Å². The SMILES string of the molecule is CCn1ncc(Br)c1C1(C)CCC(Cl)C1. The molecule has 0 spiro atoms. The first-order chi connectivity index (χ1) is 7.07. The maximum Gasteiger partial charge on any atom is 0.0635 e. The smallest absolute Gasteiger partial charge is 0.0635 e. The average molecular weight is 292 g/mol. The molecule has 2 unspecified atom stereocenters. The molecule has 1 heterocycles. The molecule has 1 aliphatic carbocycles. The number of aromatic nitrogens is 2. The van der Waals surface area contributed by atoms with E-state index in [-0.39, 0.29) is 5.41 Å². The van der Waals surface area contributed by atoms with Crippen molar-refractivity contribution in [1.29, 1.82) is 0 Å². The zero-order chi connectivity index (χ0) is 11.1. The van der Waals surface area contributed by atoms with Gasteiger partial charge in [-0.25, -0.2) is 0 Å². The topological polar surface area (TPSA) is 17.8 Å². The maximum absolute atomic E-state index is 6.22. The Kier molecular flexibility index (Phi) is 3.13. The van der Waals surface area contributed by atoms with Gasteiger partial charge in [-0.2, -0.15) is 5.10 Å². The lowest BCUT2D eigenvalue weighted by molar-refractivity contribution is 0.433. The number of nitrogens with zero attached hydrogens (tertiary/aromatic N) is 2. The highest BCUT2D eigenvalue weighted by Gasteiger charge is 2.39. The van der Waals surface area contributed by atoms with Gasteiger partial charge < -0.3 is 0 Å². The van der Waals surface area contributed by atoms with Gasteiger partial charge >= 0.3 is 0 Å². The summed E-state index contributed by atoms with van der Waals surface area (Å²) in [7, 11) is 0. The summed E-state index contributed by atoms with van der Waals surface area (Å²) < 4.78 is 3.21. The molecular weight excluding hydrogens is 275 g/mol. The fourth-order valence-electron chi connectivity index (χ4n) is 2.59. The minimum absolute atomic E-state index is 0.192. The van der Waals surface area contributed by atoms with Crippen molar-refractivity contribution in [1.82, 2.24) is 9.78 Å². The molecule has 2 nitrogen and oxygen atoms in total. The molecule has 84 valence electrons. The van der Waals surface area contributed by atoms with Crippen LogP contribution < -0.4 is 0 Å². The van der Waals surface area contributed by atoms with Crippen LogP contribution in [0.5, 0.6) is 0 Å². The molecule has 1 aliphatic rings. The lowest BCUT2D eigenvalue weighted by Gasteiger charge is -2.25. The van der Waals surface area contributed by atoms with Gasteiger partial charge in [0.15, 0.2) is 0 Å². The van der Waals surface area contributed by atoms with Crippen molar-refractivity contribution >= 4 is 27.5 Å². The van der Waals surface area contributed by atoms with Gasteiger partial charge in [0.2, 0.25) is 0 Å². The van der Waals surface area contributed by atoms with Gasteiger partial charge in [-0.15, -0.1) is 11.6 Å². The molecule has 4 heteroatoms. The van der Waals surface area contributed by atoms with Gasteiger partial charge in [-0.1, -0.05) is 6.92 Å². The van der Waals surface area contributed by atoms with Crippen LogP contribution in [0, 0.1) is 0 Å². The quantitative estimate of drug-likeness (QED) is 0.760. The van der Waals surface area contributed by atoms with Crippen molar-refractivity contribution in [2.24, 2.45) is 0 Å². The van der Waals surface area contributed by atoms with Crippen LogP contribution in [0.2, 0.25) is 0 Å². The average Bonchev–Trinajstić information content (AvgIpc) is 2.71. The van der Waals surface area contributed by atoms with E-state index in [1.165, 1.54) is 5.69 Å². The molecule has 0 radical (unpaired) electrons. The number of hydrogen-bond acceptors (Lipinski definition) is 1. The summed E-state index contributed by atoms with van der Waals surface area (Å²) >= 11 is 9.81. The predicted molar refractivity (Wildman–Crippen MR) is 66.4 cm³/mol. The molecule has 15 heavy (non-hydrogen) atoms. The second-order valence-electron chi connectivity index (χ2n) is 4.56. The molecular formula is C11H16BrClN2. The molecule has 1 fully saturated rings. The van der Waals surface area contributed by atoms with Crippen LogP contribution in [0.4, 0.5) is 0 Å². The van der Waals surface area contributed by atoms with E-state index in [2.05, 4.69) is 39.6 Å². The molecule has 2 rings (SSSR count). The van der Waals surface area contributed by atoms with Crippen molar-refractivity contribution < 1.29 is 0 Å². The van der Waals surface area contributed by atoms with Crippen molar-refractivity contribution in [3.8, 4) is 0 Å². The third kappa shape index (κ3) is 1.96. The predicted octanol–water partition coefficient (Wildman–Crippen LogP) is 3.71. The zero-order valence-corrected chi connectivity index (χ0v) is 11.5. The summed E-state index contributed by atoms with van der Waals surface area (Å²) in [4.78, 5) is 0. The Morgan fingerprint density at radius 2 is 2.47 bits per heavy atom. The number of rotatable bonds is 2. The van der Waals surface area contributed by atoms with Crippen LogP contribution >= 0.6 is 27.5 Å². The molecule has 0 N–H and O–H groups in total. The summed E-state index contributed by atoms with van der Waals surface area (Å²) in [5, 5.41) is 4.70. The number of hydrogen-bond donors (Lipinski definition) is 0. The number of halogens is 2. The Morgan fingerprint density at radius 3 is 3.00 bits per heavy atom. The van der Waals surface area contributed by atoms with Gasteiger partial charge in [-0.05, 0) is 42.1 Å². The van der Waals surface area contributed by atoms with Crippen LogP contribution in [-0.4, -0.2) is 15.2 Å². The number of alkyl halides is 1. The highest BCUT2D eigenvalue weighted by Crippen LogP contribution is 2.45. The van der Waals surface area contributed by atoms with Gasteiger partial charge in [-0.3, -0.25) is 4.68 Å². The second kappa shape index (κ2) is 4.10. The molecule has 0 saturated heterocycles. The third-order valence-electron chi connectivity index (χ3n) is 3.35. The molecule has 1 aromatic heterocycles. The highest BCUT2D eigenvalue weighted by atomic mass is 79.9. The molecule has 0 aromatic carbocycles. The third-order valence-corrected chi connectivity index (χ3v) is 4.30. The molecule has 2 atom stereocenters. The molecule has 1 saturated carbocycles. The van der Waals surface area contributed by atoms with Crippen molar-refractivity contribution in [3.63, 3.8) is 0 Å². The van der Waals surface area contributed by atoms with E-state index in [4.69, 9.17) is 11.6 Å². The van der Waals surface area contributed by atoms with E-state index >= 15 is 0 Å². The normalized spacial score (nSPS) is 31.1. The standard InChI is InChI=1S/C11H16BrClN2/c1-3-15-10(9(12)7-14-15)11(2)5-4-8(13)6-11/h7-8H,3-6H2,1-2H3. The fourth-order valence-corrected chi connectivity index (χ4v) is 3.81. The second-order valence-corrected chi connectivity index (χ2v) is 6.03. The van der Waals surface area contributed by atoms with E-state index in [1.807, 2.05) is 6.20 Å². The van der Waals surface area contributed by atoms with E-state index in [1.54, 1.807) is 0 Å². The van der Waals surface area contributed by atoms with Gasteiger partial charge in [0, 0.05) is 17.3 Å². The Labute approximate surface area is 104 Å². The minimum Gasteiger partial charge on any atom is -0.268 e. The highest BCUT2D eigenvalue weighted by molar-refractivity contribution is 9.10. The Balaban J connectivity index is 2.39. The van der Waals surface area contributed by atoms with Crippen LogP contribution in [0.1, 0.15) is 38.8 Å².